The van der Waals surface area contributed by atoms with Crippen LogP contribution in [0.3, 0.4) is 0 Å². The first kappa shape index (κ1) is 14.4. The van der Waals surface area contributed by atoms with Gasteiger partial charge in [0.25, 0.3) is 0 Å². The molecule has 0 spiro atoms. The molecular weight excluding hydrogens is 264 g/mol. The lowest BCUT2D eigenvalue weighted by atomic mass is 10.0. The summed E-state index contributed by atoms with van der Waals surface area (Å²) in [5.74, 6) is 0.672. The molecule has 0 unspecified atom stereocenters. The Morgan fingerprint density at radius 3 is 2.74 bits per heavy atom. The highest BCUT2D eigenvalue weighted by Crippen LogP contribution is 2.37. The van der Waals surface area contributed by atoms with Crippen LogP contribution in [0.4, 0.5) is 0 Å². The van der Waals surface area contributed by atoms with Crippen molar-refractivity contribution in [1.29, 1.82) is 0 Å². The van der Waals surface area contributed by atoms with Crippen LogP contribution in [-0.4, -0.2) is 49.8 Å². The monoisotopic (exact) mass is 284 g/mol. The Bertz CT molecular complexity index is 446. The Balaban J connectivity index is 2.13. The Morgan fingerprint density at radius 2 is 2.11 bits per heavy atom. The number of rotatable bonds is 4. The van der Waals surface area contributed by atoms with E-state index in [0.717, 1.165) is 50.3 Å². The number of halogens is 1. The van der Waals surface area contributed by atoms with Gasteiger partial charge >= 0.3 is 0 Å². The van der Waals surface area contributed by atoms with Crippen molar-refractivity contribution in [2.75, 3.05) is 39.8 Å². The number of methoxy groups -OCH3 is 1. The molecule has 0 radical (unpaired) electrons. The molecule has 1 aromatic carbocycles. The zero-order valence-corrected chi connectivity index (χ0v) is 12.3. The summed E-state index contributed by atoms with van der Waals surface area (Å²) in [6.45, 7) is 7.13. The quantitative estimate of drug-likeness (QED) is 0.885. The van der Waals surface area contributed by atoms with Crippen molar-refractivity contribution in [3.8, 4) is 11.5 Å². The molecule has 0 bridgehead atoms. The average Bonchev–Trinajstić information content (AvgIpc) is 2.42. The molecule has 0 atom stereocenters. The van der Waals surface area contributed by atoms with Gasteiger partial charge in [0, 0.05) is 49.4 Å². The lowest BCUT2D eigenvalue weighted by molar-refractivity contribution is 0.242. The number of hydrogen-bond donors (Lipinski definition) is 2. The fourth-order valence-corrected chi connectivity index (χ4v) is 2.71. The molecule has 0 saturated carbocycles. The molecule has 1 fully saturated rings. The molecule has 1 saturated heterocycles. The second-order valence-electron chi connectivity index (χ2n) is 4.86. The Hall–Kier alpha value is -0.970. The van der Waals surface area contributed by atoms with E-state index in [1.165, 1.54) is 0 Å². The van der Waals surface area contributed by atoms with E-state index in [-0.39, 0.29) is 5.75 Å². The minimum atomic E-state index is 0.119. The zero-order chi connectivity index (χ0) is 13.8. The van der Waals surface area contributed by atoms with Crippen LogP contribution in [0.15, 0.2) is 6.07 Å². The lowest BCUT2D eigenvalue weighted by Gasteiger charge is -2.27. The smallest absolute Gasteiger partial charge is 0.164 e. The van der Waals surface area contributed by atoms with E-state index >= 15 is 0 Å². The number of phenolic OH excluding ortho intramolecular Hbond substituents is 1. The minimum Gasteiger partial charge on any atom is -0.504 e. The first-order valence-electron chi connectivity index (χ1n) is 6.61. The van der Waals surface area contributed by atoms with Gasteiger partial charge in [0.2, 0.25) is 0 Å². The summed E-state index contributed by atoms with van der Waals surface area (Å²) in [6, 6.07) is 1.55. The number of aromatic hydroxyl groups is 1. The highest BCUT2D eigenvalue weighted by Gasteiger charge is 2.17. The van der Waals surface area contributed by atoms with Gasteiger partial charge in [-0.05, 0) is 18.9 Å². The topological polar surface area (TPSA) is 44.7 Å². The second-order valence-corrected chi connectivity index (χ2v) is 5.26. The summed E-state index contributed by atoms with van der Waals surface area (Å²) in [6.07, 6.45) is 0.836. The van der Waals surface area contributed by atoms with Gasteiger partial charge in [-0.3, -0.25) is 0 Å². The van der Waals surface area contributed by atoms with Gasteiger partial charge < -0.3 is 20.1 Å². The number of ether oxygens (including phenoxy) is 1. The van der Waals surface area contributed by atoms with Crippen LogP contribution < -0.4 is 10.1 Å². The van der Waals surface area contributed by atoms with E-state index in [1.54, 1.807) is 13.2 Å². The number of piperazine rings is 1. The van der Waals surface area contributed by atoms with Crippen LogP contribution in [0.5, 0.6) is 11.5 Å². The van der Waals surface area contributed by atoms with Gasteiger partial charge in [0.1, 0.15) is 0 Å². The van der Waals surface area contributed by atoms with Crippen molar-refractivity contribution in [3.63, 3.8) is 0 Å². The molecule has 1 aromatic rings. The Labute approximate surface area is 119 Å². The van der Waals surface area contributed by atoms with Gasteiger partial charge in [0.15, 0.2) is 11.5 Å². The summed E-state index contributed by atoms with van der Waals surface area (Å²) in [4.78, 5) is 2.41. The van der Waals surface area contributed by atoms with Gasteiger partial charge in [0.05, 0.1) is 7.11 Å². The Kier molecular flexibility index (Phi) is 4.91. The van der Waals surface area contributed by atoms with Crippen LogP contribution >= 0.6 is 11.6 Å². The van der Waals surface area contributed by atoms with Crippen LogP contribution in [-0.2, 0) is 6.42 Å². The highest BCUT2D eigenvalue weighted by molar-refractivity contribution is 6.31. The molecule has 2 N–H and O–H groups in total. The standard InChI is InChI=1S/C14H21ClN2O2/c1-10-11(3-6-17-7-4-16-5-8-17)14(19-2)13(18)9-12(10)15/h9,16,18H,3-8H2,1-2H3. The molecule has 0 aliphatic carbocycles. The molecule has 19 heavy (non-hydrogen) atoms. The minimum absolute atomic E-state index is 0.119. The normalized spacial score (nSPS) is 16.6. The van der Waals surface area contributed by atoms with Crippen molar-refractivity contribution >= 4 is 11.6 Å². The number of benzene rings is 1. The molecule has 0 amide bonds. The number of nitrogens with zero attached hydrogens (tertiary/aromatic N) is 1. The molecule has 1 heterocycles. The van der Waals surface area contributed by atoms with Crippen LogP contribution in [0, 0.1) is 6.92 Å². The molecule has 106 valence electrons. The molecule has 2 rings (SSSR count). The molecule has 1 aliphatic heterocycles. The van der Waals surface area contributed by atoms with Gasteiger partial charge in [-0.1, -0.05) is 11.6 Å². The van der Waals surface area contributed by atoms with Crippen molar-refractivity contribution in [2.45, 2.75) is 13.3 Å². The van der Waals surface area contributed by atoms with Crippen molar-refractivity contribution < 1.29 is 9.84 Å². The Morgan fingerprint density at radius 1 is 1.42 bits per heavy atom. The molecule has 4 nitrogen and oxygen atoms in total. The second kappa shape index (κ2) is 6.46. The van der Waals surface area contributed by atoms with E-state index in [1.807, 2.05) is 6.92 Å². The summed E-state index contributed by atoms with van der Waals surface area (Å²) in [7, 11) is 1.58. The lowest BCUT2D eigenvalue weighted by Crippen LogP contribution is -2.44. The molecule has 5 heteroatoms. The number of hydrogen-bond acceptors (Lipinski definition) is 4. The maximum Gasteiger partial charge on any atom is 0.164 e. The van der Waals surface area contributed by atoms with E-state index in [4.69, 9.17) is 16.3 Å². The largest absolute Gasteiger partial charge is 0.504 e. The number of nitrogens with one attached hydrogen (secondary N) is 1. The fraction of sp³-hybridized carbons (Fsp3) is 0.571. The van der Waals surface area contributed by atoms with E-state index in [0.29, 0.717) is 10.8 Å². The SMILES string of the molecule is COc1c(O)cc(Cl)c(C)c1CCN1CCNCC1. The van der Waals surface area contributed by atoms with Gasteiger partial charge in [-0.15, -0.1) is 0 Å². The highest BCUT2D eigenvalue weighted by atomic mass is 35.5. The molecule has 1 aliphatic rings. The van der Waals surface area contributed by atoms with Crippen molar-refractivity contribution in [1.82, 2.24) is 10.2 Å². The molecule has 0 aromatic heterocycles. The maximum atomic E-state index is 9.90. The maximum absolute atomic E-state index is 9.90. The third kappa shape index (κ3) is 3.32. The van der Waals surface area contributed by atoms with E-state index in [2.05, 4.69) is 10.2 Å². The summed E-state index contributed by atoms with van der Waals surface area (Å²) in [5, 5.41) is 13.8. The average molecular weight is 285 g/mol. The summed E-state index contributed by atoms with van der Waals surface area (Å²) in [5.41, 5.74) is 2.00. The van der Waals surface area contributed by atoms with Crippen molar-refractivity contribution in [3.05, 3.63) is 22.2 Å². The van der Waals surface area contributed by atoms with Crippen LogP contribution in [0.1, 0.15) is 11.1 Å². The summed E-state index contributed by atoms with van der Waals surface area (Å²) < 4.78 is 5.31. The predicted molar refractivity (Wildman–Crippen MR) is 77.4 cm³/mol. The summed E-state index contributed by atoms with van der Waals surface area (Å²) >= 11 is 6.13. The molecular formula is C14H21ClN2O2. The third-order valence-corrected chi connectivity index (χ3v) is 4.07. The predicted octanol–water partition coefficient (Wildman–Crippen LogP) is 1.81. The van der Waals surface area contributed by atoms with Gasteiger partial charge in [-0.25, -0.2) is 0 Å². The van der Waals surface area contributed by atoms with Crippen LogP contribution in [0.25, 0.3) is 0 Å². The first-order chi connectivity index (χ1) is 9.13. The number of phenols is 1. The van der Waals surface area contributed by atoms with E-state index < -0.39 is 0 Å². The van der Waals surface area contributed by atoms with Gasteiger partial charge in [-0.2, -0.15) is 0 Å². The fourth-order valence-electron chi connectivity index (χ4n) is 2.50. The van der Waals surface area contributed by atoms with E-state index in [9.17, 15) is 5.11 Å². The zero-order valence-electron chi connectivity index (χ0n) is 11.5. The first-order valence-corrected chi connectivity index (χ1v) is 6.99. The third-order valence-electron chi connectivity index (χ3n) is 3.67. The van der Waals surface area contributed by atoms with Crippen molar-refractivity contribution in [2.24, 2.45) is 0 Å². The van der Waals surface area contributed by atoms with Crippen LogP contribution in [0.2, 0.25) is 5.02 Å².